The molecule has 1 aromatic rings. The number of sulfonamides is 1. The predicted molar refractivity (Wildman–Crippen MR) is 92.2 cm³/mol. The van der Waals surface area contributed by atoms with Crippen molar-refractivity contribution in [2.45, 2.75) is 44.1 Å². The van der Waals surface area contributed by atoms with E-state index in [-0.39, 0.29) is 5.92 Å². The maximum Gasteiger partial charge on any atom is 0.407 e. The van der Waals surface area contributed by atoms with E-state index in [4.69, 9.17) is 4.74 Å². The van der Waals surface area contributed by atoms with Crippen LogP contribution >= 0.6 is 0 Å². The SMILES string of the molecule is CC(C)(C)OC(=O)NCC1CCCN(S(=O)(=O)c2ccccc2)C1. The minimum atomic E-state index is -3.47. The van der Waals surface area contributed by atoms with Gasteiger partial charge < -0.3 is 10.1 Å². The molecule has 1 aliphatic rings. The highest BCUT2D eigenvalue weighted by molar-refractivity contribution is 7.89. The Morgan fingerprint density at radius 1 is 1.29 bits per heavy atom. The van der Waals surface area contributed by atoms with Gasteiger partial charge in [0.2, 0.25) is 10.0 Å². The lowest BCUT2D eigenvalue weighted by Gasteiger charge is -2.32. The van der Waals surface area contributed by atoms with Crippen molar-refractivity contribution in [1.29, 1.82) is 0 Å². The molecule has 24 heavy (non-hydrogen) atoms. The van der Waals surface area contributed by atoms with Gasteiger partial charge in [-0.25, -0.2) is 13.2 Å². The highest BCUT2D eigenvalue weighted by Crippen LogP contribution is 2.23. The number of hydrogen-bond donors (Lipinski definition) is 1. The minimum Gasteiger partial charge on any atom is -0.444 e. The van der Waals surface area contributed by atoms with E-state index in [0.717, 1.165) is 12.8 Å². The first-order chi connectivity index (χ1) is 11.2. The molecule has 0 spiro atoms. The van der Waals surface area contributed by atoms with Crippen molar-refractivity contribution in [2.75, 3.05) is 19.6 Å². The summed E-state index contributed by atoms with van der Waals surface area (Å²) in [5.41, 5.74) is -0.542. The average molecular weight is 354 g/mol. The molecule has 1 aliphatic heterocycles. The molecule has 0 saturated carbocycles. The predicted octanol–water partition coefficient (Wildman–Crippen LogP) is 2.61. The van der Waals surface area contributed by atoms with Crippen LogP contribution in [-0.4, -0.2) is 44.1 Å². The van der Waals surface area contributed by atoms with Crippen LogP contribution in [0.2, 0.25) is 0 Å². The third-order valence-corrected chi connectivity index (χ3v) is 5.68. The van der Waals surface area contributed by atoms with Gasteiger partial charge in [-0.3, -0.25) is 0 Å². The maximum atomic E-state index is 12.7. The van der Waals surface area contributed by atoms with Crippen LogP contribution in [0.4, 0.5) is 4.79 Å². The summed E-state index contributed by atoms with van der Waals surface area (Å²) in [5, 5.41) is 2.74. The monoisotopic (exact) mass is 354 g/mol. The van der Waals surface area contributed by atoms with E-state index in [9.17, 15) is 13.2 Å². The van der Waals surface area contributed by atoms with Crippen molar-refractivity contribution in [1.82, 2.24) is 9.62 Å². The summed E-state index contributed by atoms with van der Waals surface area (Å²) in [6.45, 7) is 6.76. The summed E-state index contributed by atoms with van der Waals surface area (Å²) < 4.78 is 32.1. The van der Waals surface area contributed by atoms with Crippen molar-refractivity contribution in [2.24, 2.45) is 5.92 Å². The summed E-state index contributed by atoms with van der Waals surface area (Å²) in [5.74, 6) is 0.0877. The van der Waals surface area contributed by atoms with Gasteiger partial charge in [0.05, 0.1) is 4.90 Å². The lowest BCUT2D eigenvalue weighted by molar-refractivity contribution is 0.0513. The Morgan fingerprint density at radius 3 is 2.58 bits per heavy atom. The third-order valence-electron chi connectivity index (χ3n) is 3.80. The van der Waals surface area contributed by atoms with Gasteiger partial charge in [-0.05, 0) is 51.7 Å². The van der Waals surface area contributed by atoms with E-state index in [1.807, 2.05) is 0 Å². The van der Waals surface area contributed by atoms with Crippen molar-refractivity contribution in [3.05, 3.63) is 30.3 Å². The van der Waals surface area contributed by atoms with E-state index < -0.39 is 21.7 Å². The molecular formula is C17H26N2O4S. The molecule has 134 valence electrons. The second-order valence-corrected chi connectivity index (χ2v) is 9.01. The zero-order valence-electron chi connectivity index (χ0n) is 14.5. The van der Waals surface area contributed by atoms with Gasteiger partial charge in [-0.15, -0.1) is 0 Å². The number of rotatable bonds is 4. The molecule has 1 N–H and O–H groups in total. The molecule has 1 saturated heterocycles. The average Bonchev–Trinajstić information content (AvgIpc) is 2.52. The Balaban J connectivity index is 1.94. The second-order valence-electron chi connectivity index (χ2n) is 7.07. The maximum absolute atomic E-state index is 12.7. The van der Waals surface area contributed by atoms with Crippen molar-refractivity contribution in [3.8, 4) is 0 Å². The number of benzene rings is 1. The summed E-state index contributed by atoms with van der Waals surface area (Å²) >= 11 is 0. The van der Waals surface area contributed by atoms with Crippen LogP contribution in [0.3, 0.4) is 0 Å². The normalized spacial score (nSPS) is 19.7. The molecule has 1 heterocycles. The van der Waals surface area contributed by atoms with Crippen LogP contribution in [0.25, 0.3) is 0 Å². The van der Waals surface area contributed by atoms with E-state index in [1.165, 1.54) is 4.31 Å². The standard InChI is InChI=1S/C17H26N2O4S/c1-17(2,3)23-16(20)18-12-14-8-7-11-19(13-14)24(21,22)15-9-5-4-6-10-15/h4-6,9-10,14H,7-8,11-13H2,1-3H3,(H,18,20). The molecular weight excluding hydrogens is 328 g/mol. The summed E-state index contributed by atoms with van der Waals surface area (Å²) in [4.78, 5) is 12.0. The quantitative estimate of drug-likeness (QED) is 0.902. The summed E-state index contributed by atoms with van der Waals surface area (Å²) in [7, 11) is -3.47. The molecule has 0 aromatic heterocycles. The Labute approximate surface area is 144 Å². The topological polar surface area (TPSA) is 75.7 Å². The smallest absolute Gasteiger partial charge is 0.407 e. The molecule has 6 nitrogen and oxygen atoms in total. The number of alkyl carbamates (subject to hydrolysis) is 1. The van der Waals surface area contributed by atoms with Crippen LogP contribution in [0.15, 0.2) is 35.2 Å². The summed E-state index contributed by atoms with van der Waals surface area (Å²) in [6, 6.07) is 8.45. The fourth-order valence-electron chi connectivity index (χ4n) is 2.70. The van der Waals surface area contributed by atoms with Crippen LogP contribution in [-0.2, 0) is 14.8 Å². The summed E-state index contributed by atoms with van der Waals surface area (Å²) in [6.07, 6.45) is 1.20. The zero-order valence-corrected chi connectivity index (χ0v) is 15.3. The number of amides is 1. The molecule has 1 aromatic carbocycles. The fraction of sp³-hybridized carbons (Fsp3) is 0.588. The molecule has 1 fully saturated rings. The van der Waals surface area contributed by atoms with Gasteiger partial charge in [0.1, 0.15) is 5.60 Å². The van der Waals surface area contributed by atoms with Gasteiger partial charge in [-0.2, -0.15) is 4.31 Å². The van der Waals surface area contributed by atoms with E-state index >= 15 is 0 Å². The van der Waals surface area contributed by atoms with Crippen LogP contribution in [0.1, 0.15) is 33.6 Å². The Morgan fingerprint density at radius 2 is 1.96 bits per heavy atom. The molecule has 1 atom stereocenters. The number of carbonyl (C=O) groups is 1. The lowest BCUT2D eigenvalue weighted by Crippen LogP contribution is -2.44. The van der Waals surface area contributed by atoms with E-state index in [1.54, 1.807) is 51.1 Å². The van der Waals surface area contributed by atoms with Gasteiger partial charge in [-0.1, -0.05) is 18.2 Å². The lowest BCUT2D eigenvalue weighted by atomic mass is 10.00. The molecule has 0 radical (unpaired) electrons. The largest absolute Gasteiger partial charge is 0.444 e. The van der Waals surface area contributed by atoms with Gasteiger partial charge >= 0.3 is 6.09 Å². The minimum absolute atomic E-state index is 0.0877. The molecule has 0 bridgehead atoms. The number of carbonyl (C=O) groups excluding carboxylic acids is 1. The number of nitrogens with one attached hydrogen (secondary N) is 1. The molecule has 2 rings (SSSR count). The fourth-order valence-corrected chi connectivity index (χ4v) is 4.27. The first-order valence-electron chi connectivity index (χ1n) is 8.20. The van der Waals surface area contributed by atoms with Crippen LogP contribution < -0.4 is 5.32 Å². The number of ether oxygens (including phenoxy) is 1. The van der Waals surface area contributed by atoms with Gasteiger partial charge in [0.15, 0.2) is 0 Å². The molecule has 7 heteroatoms. The Bertz CT molecular complexity index is 653. The number of hydrogen-bond acceptors (Lipinski definition) is 4. The van der Waals surface area contributed by atoms with E-state index in [0.29, 0.717) is 24.5 Å². The van der Waals surface area contributed by atoms with Crippen molar-refractivity contribution >= 4 is 16.1 Å². The second kappa shape index (κ2) is 7.53. The third kappa shape index (κ3) is 5.21. The first kappa shape index (κ1) is 18.7. The Kier molecular flexibility index (Phi) is 5.87. The number of piperidine rings is 1. The van der Waals surface area contributed by atoms with Crippen LogP contribution in [0.5, 0.6) is 0 Å². The van der Waals surface area contributed by atoms with Crippen LogP contribution in [0, 0.1) is 5.92 Å². The zero-order chi connectivity index (χ0) is 17.8. The van der Waals surface area contributed by atoms with E-state index in [2.05, 4.69) is 5.32 Å². The number of nitrogens with zero attached hydrogens (tertiary/aromatic N) is 1. The van der Waals surface area contributed by atoms with Gasteiger partial charge in [0.25, 0.3) is 0 Å². The molecule has 1 amide bonds. The Hall–Kier alpha value is -1.60. The van der Waals surface area contributed by atoms with Crippen molar-refractivity contribution in [3.63, 3.8) is 0 Å². The highest BCUT2D eigenvalue weighted by Gasteiger charge is 2.30. The molecule has 0 aliphatic carbocycles. The first-order valence-corrected chi connectivity index (χ1v) is 9.64. The van der Waals surface area contributed by atoms with Crippen molar-refractivity contribution < 1.29 is 17.9 Å². The van der Waals surface area contributed by atoms with Gasteiger partial charge in [0, 0.05) is 19.6 Å². The highest BCUT2D eigenvalue weighted by atomic mass is 32.2. The molecule has 1 unspecified atom stereocenters.